The van der Waals surface area contributed by atoms with Crippen LogP contribution >= 0.6 is 11.8 Å². The molecule has 5 nitrogen and oxygen atoms in total. The molecule has 1 amide bonds. The van der Waals surface area contributed by atoms with Gasteiger partial charge in [0.2, 0.25) is 0 Å². The molecule has 0 aliphatic carbocycles. The molecule has 2 aromatic carbocycles. The van der Waals surface area contributed by atoms with Crippen LogP contribution in [0, 0.1) is 0 Å². The SMILES string of the molecule is CN1CCN(CC(NC(=O)c2ccc(Sc3ccccn3)cc2)c2ccccc2)CC1. The minimum Gasteiger partial charge on any atom is -0.344 e. The van der Waals surface area contributed by atoms with Gasteiger partial charge in [0.15, 0.2) is 0 Å². The van der Waals surface area contributed by atoms with Crippen LogP contribution in [0.1, 0.15) is 22.0 Å². The standard InChI is InChI=1S/C25H28N4OS/c1-28-15-17-29(18-16-28)19-23(20-7-3-2-4-8-20)27-25(30)21-10-12-22(13-11-21)31-24-9-5-6-14-26-24/h2-14,23H,15-19H2,1H3,(H,27,30). The maximum atomic E-state index is 13.0. The fraction of sp³-hybridized carbons (Fsp3) is 0.280. The third-order valence-electron chi connectivity index (χ3n) is 5.52. The van der Waals surface area contributed by atoms with E-state index in [2.05, 4.69) is 39.3 Å². The number of rotatable bonds is 7. The second-order valence-corrected chi connectivity index (χ2v) is 8.93. The molecule has 1 fully saturated rings. The van der Waals surface area contributed by atoms with Gasteiger partial charge in [0.1, 0.15) is 5.03 Å². The van der Waals surface area contributed by atoms with Crippen LogP contribution in [0.3, 0.4) is 0 Å². The summed E-state index contributed by atoms with van der Waals surface area (Å²) in [7, 11) is 2.16. The Hall–Kier alpha value is -2.67. The van der Waals surface area contributed by atoms with Crippen molar-refractivity contribution in [1.29, 1.82) is 0 Å². The third-order valence-corrected chi connectivity index (χ3v) is 6.48. The first-order chi connectivity index (χ1) is 15.2. The molecule has 1 aliphatic rings. The number of hydrogen-bond donors (Lipinski definition) is 1. The van der Waals surface area contributed by atoms with E-state index in [1.54, 1.807) is 18.0 Å². The fourth-order valence-electron chi connectivity index (χ4n) is 3.65. The molecule has 6 heteroatoms. The molecule has 1 unspecified atom stereocenters. The Kier molecular flexibility index (Phi) is 7.35. The van der Waals surface area contributed by atoms with Crippen LogP contribution in [0.15, 0.2) is 88.9 Å². The summed E-state index contributed by atoms with van der Waals surface area (Å²) in [6.45, 7) is 4.98. The van der Waals surface area contributed by atoms with Crippen LogP contribution < -0.4 is 5.32 Å². The van der Waals surface area contributed by atoms with Crippen molar-refractivity contribution in [1.82, 2.24) is 20.1 Å². The van der Waals surface area contributed by atoms with Gasteiger partial charge in [-0.3, -0.25) is 9.69 Å². The van der Waals surface area contributed by atoms with Gasteiger partial charge in [0, 0.05) is 49.4 Å². The molecule has 1 atom stereocenters. The molecule has 160 valence electrons. The Morgan fingerprint density at radius 3 is 2.35 bits per heavy atom. The summed E-state index contributed by atoms with van der Waals surface area (Å²) in [6, 6.07) is 23.8. The van der Waals surface area contributed by atoms with E-state index in [4.69, 9.17) is 0 Å². The van der Waals surface area contributed by atoms with E-state index in [0.29, 0.717) is 5.56 Å². The maximum Gasteiger partial charge on any atom is 0.251 e. The molecule has 2 heterocycles. The van der Waals surface area contributed by atoms with Crippen molar-refractivity contribution in [2.75, 3.05) is 39.8 Å². The molecular formula is C25H28N4OS. The zero-order chi connectivity index (χ0) is 21.5. The van der Waals surface area contributed by atoms with E-state index in [9.17, 15) is 4.79 Å². The lowest BCUT2D eigenvalue weighted by Crippen LogP contribution is -2.47. The molecule has 0 spiro atoms. The number of pyridine rings is 1. The predicted octanol–water partition coefficient (Wildman–Crippen LogP) is 3.95. The Morgan fingerprint density at radius 1 is 0.968 bits per heavy atom. The minimum absolute atomic E-state index is 0.0420. The molecule has 4 rings (SSSR count). The van der Waals surface area contributed by atoms with E-state index in [1.807, 2.05) is 60.7 Å². The number of carbonyl (C=O) groups excluding carboxylic acids is 1. The van der Waals surface area contributed by atoms with Crippen molar-refractivity contribution in [3.63, 3.8) is 0 Å². The van der Waals surface area contributed by atoms with Crippen molar-refractivity contribution in [3.05, 3.63) is 90.1 Å². The highest BCUT2D eigenvalue weighted by molar-refractivity contribution is 7.99. The van der Waals surface area contributed by atoms with Crippen molar-refractivity contribution < 1.29 is 4.79 Å². The number of amides is 1. The molecule has 3 aromatic rings. The van der Waals surface area contributed by atoms with Crippen LogP contribution in [0.5, 0.6) is 0 Å². The third kappa shape index (κ3) is 6.17. The molecule has 31 heavy (non-hydrogen) atoms. The van der Waals surface area contributed by atoms with Crippen LogP contribution in [-0.2, 0) is 0 Å². The Labute approximate surface area is 188 Å². The lowest BCUT2D eigenvalue weighted by Gasteiger charge is -2.35. The normalized spacial score (nSPS) is 16.0. The summed E-state index contributed by atoms with van der Waals surface area (Å²) in [6.07, 6.45) is 1.79. The molecule has 1 N–H and O–H groups in total. The Morgan fingerprint density at radius 2 is 1.68 bits per heavy atom. The second-order valence-electron chi connectivity index (χ2n) is 7.84. The van der Waals surface area contributed by atoms with Crippen molar-refractivity contribution in [2.45, 2.75) is 16.0 Å². The van der Waals surface area contributed by atoms with Crippen molar-refractivity contribution >= 4 is 17.7 Å². The number of aromatic nitrogens is 1. The topological polar surface area (TPSA) is 48.5 Å². The van der Waals surface area contributed by atoms with Crippen LogP contribution in [0.25, 0.3) is 0 Å². The van der Waals surface area contributed by atoms with Gasteiger partial charge in [0.25, 0.3) is 5.91 Å². The van der Waals surface area contributed by atoms with Crippen molar-refractivity contribution in [3.8, 4) is 0 Å². The molecule has 0 radical (unpaired) electrons. The van der Waals surface area contributed by atoms with Crippen LogP contribution in [0.4, 0.5) is 0 Å². The lowest BCUT2D eigenvalue weighted by atomic mass is 10.0. The van der Waals surface area contributed by atoms with Crippen molar-refractivity contribution in [2.24, 2.45) is 0 Å². The predicted molar refractivity (Wildman–Crippen MR) is 125 cm³/mol. The van der Waals surface area contributed by atoms with E-state index in [1.165, 1.54) is 0 Å². The summed E-state index contributed by atoms with van der Waals surface area (Å²) in [5.41, 5.74) is 1.81. The highest BCUT2D eigenvalue weighted by Gasteiger charge is 2.21. The second kappa shape index (κ2) is 10.6. The monoisotopic (exact) mass is 432 g/mol. The smallest absolute Gasteiger partial charge is 0.251 e. The number of carbonyl (C=O) groups is 1. The summed E-state index contributed by atoms with van der Waals surface area (Å²) >= 11 is 1.59. The Bertz CT molecular complexity index is 958. The molecule has 0 bridgehead atoms. The molecule has 1 saturated heterocycles. The average molecular weight is 433 g/mol. The average Bonchev–Trinajstić information content (AvgIpc) is 2.82. The van der Waals surface area contributed by atoms with Gasteiger partial charge in [-0.05, 0) is 49.0 Å². The highest BCUT2D eigenvalue weighted by atomic mass is 32.2. The maximum absolute atomic E-state index is 13.0. The summed E-state index contributed by atoms with van der Waals surface area (Å²) in [4.78, 5) is 23.2. The number of likely N-dealkylation sites (N-methyl/N-ethyl adjacent to an activating group) is 1. The number of nitrogens with one attached hydrogen (secondary N) is 1. The Balaban J connectivity index is 1.43. The van der Waals surface area contributed by atoms with Gasteiger partial charge in [-0.15, -0.1) is 0 Å². The number of benzene rings is 2. The number of piperazine rings is 1. The summed E-state index contributed by atoms with van der Waals surface area (Å²) in [5.74, 6) is -0.0441. The number of hydrogen-bond acceptors (Lipinski definition) is 5. The van der Waals surface area contributed by atoms with Crippen LogP contribution in [0.2, 0.25) is 0 Å². The van der Waals surface area contributed by atoms with Gasteiger partial charge in [-0.25, -0.2) is 4.98 Å². The molecule has 0 saturated carbocycles. The zero-order valence-corrected chi connectivity index (χ0v) is 18.6. The summed E-state index contributed by atoms with van der Waals surface area (Å²) < 4.78 is 0. The van der Waals surface area contributed by atoms with Gasteiger partial charge >= 0.3 is 0 Å². The van der Waals surface area contributed by atoms with E-state index in [0.717, 1.165) is 48.2 Å². The first-order valence-corrected chi connectivity index (χ1v) is 11.4. The van der Waals surface area contributed by atoms with Gasteiger partial charge in [0.05, 0.1) is 6.04 Å². The van der Waals surface area contributed by atoms with E-state index < -0.39 is 0 Å². The first-order valence-electron chi connectivity index (χ1n) is 10.6. The zero-order valence-electron chi connectivity index (χ0n) is 17.8. The quantitative estimate of drug-likeness (QED) is 0.613. The van der Waals surface area contributed by atoms with Gasteiger partial charge in [-0.2, -0.15) is 0 Å². The van der Waals surface area contributed by atoms with Crippen LogP contribution in [-0.4, -0.2) is 60.5 Å². The van der Waals surface area contributed by atoms with E-state index in [-0.39, 0.29) is 11.9 Å². The number of nitrogens with zero attached hydrogens (tertiary/aromatic N) is 3. The fourth-order valence-corrected chi connectivity index (χ4v) is 4.43. The minimum atomic E-state index is -0.0441. The lowest BCUT2D eigenvalue weighted by molar-refractivity contribution is 0.0907. The summed E-state index contributed by atoms with van der Waals surface area (Å²) in [5, 5.41) is 4.20. The first kappa shape index (κ1) is 21.6. The largest absolute Gasteiger partial charge is 0.344 e. The van der Waals surface area contributed by atoms with Gasteiger partial charge in [-0.1, -0.05) is 48.2 Å². The molecular weight excluding hydrogens is 404 g/mol. The molecule has 1 aliphatic heterocycles. The molecule has 1 aromatic heterocycles. The highest BCUT2D eigenvalue weighted by Crippen LogP contribution is 2.26. The van der Waals surface area contributed by atoms with Gasteiger partial charge < -0.3 is 10.2 Å². The van der Waals surface area contributed by atoms with E-state index >= 15 is 0 Å².